The first-order valence-corrected chi connectivity index (χ1v) is 11.5. The molecule has 2 N–H and O–H groups in total. The van der Waals surface area contributed by atoms with E-state index in [2.05, 4.69) is 10.6 Å². The lowest BCUT2D eigenvalue weighted by molar-refractivity contribution is -0.123. The molecule has 31 heavy (non-hydrogen) atoms. The Labute approximate surface area is 183 Å². The number of hydrogen-bond donors (Lipinski definition) is 2. The Morgan fingerprint density at radius 3 is 2.39 bits per heavy atom. The molecule has 2 amide bonds. The van der Waals surface area contributed by atoms with Crippen LogP contribution in [0.5, 0.6) is 0 Å². The van der Waals surface area contributed by atoms with Gasteiger partial charge in [0.15, 0.2) is 0 Å². The molecular weight excluding hydrogens is 416 g/mol. The summed E-state index contributed by atoms with van der Waals surface area (Å²) in [7, 11) is -0.702. The Balaban J connectivity index is 1.87. The molecule has 0 bridgehead atoms. The SMILES string of the molecule is CCN1C(=O)[C@@H](CC(=O)Nc2c(C)cccc2C)Nc2cc(S(=O)(=O)N(C)C)ccc21. The summed E-state index contributed by atoms with van der Waals surface area (Å²) in [6.07, 6.45) is -0.0762. The van der Waals surface area contributed by atoms with Gasteiger partial charge in [-0.05, 0) is 50.1 Å². The summed E-state index contributed by atoms with van der Waals surface area (Å²) in [4.78, 5) is 27.4. The highest BCUT2D eigenvalue weighted by atomic mass is 32.2. The van der Waals surface area contributed by atoms with Crippen molar-refractivity contribution in [1.29, 1.82) is 0 Å². The summed E-state index contributed by atoms with van der Waals surface area (Å²) >= 11 is 0. The van der Waals surface area contributed by atoms with Crippen LogP contribution in [0.25, 0.3) is 0 Å². The number of para-hydroxylation sites is 1. The monoisotopic (exact) mass is 444 g/mol. The number of amides is 2. The summed E-state index contributed by atoms with van der Waals surface area (Å²) < 4.78 is 26.2. The van der Waals surface area contributed by atoms with Gasteiger partial charge in [0.05, 0.1) is 22.7 Å². The fourth-order valence-electron chi connectivity index (χ4n) is 3.65. The molecule has 8 nitrogen and oxygen atoms in total. The second-order valence-corrected chi connectivity index (χ2v) is 9.92. The van der Waals surface area contributed by atoms with E-state index in [4.69, 9.17) is 0 Å². The van der Waals surface area contributed by atoms with Crippen LogP contribution in [0.4, 0.5) is 17.1 Å². The van der Waals surface area contributed by atoms with Gasteiger partial charge in [0.1, 0.15) is 6.04 Å². The first-order chi connectivity index (χ1) is 14.6. The lowest BCUT2D eigenvalue weighted by Gasteiger charge is -2.35. The quantitative estimate of drug-likeness (QED) is 0.714. The maximum Gasteiger partial charge on any atom is 0.250 e. The zero-order valence-electron chi connectivity index (χ0n) is 18.4. The maximum absolute atomic E-state index is 13.0. The molecule has 2 aromatic carbocycles. The van der Waals surface area contributed by atoms with Crippen LogP contribution in [0.3, 0.4) is 0 Å². The van der Waals surface area contributed by atoms with Crippen molar-refractivity contribution in [1.82, 2.24) is 4.31 Å². The van der Waals surface area contributed by atoms with Crippen LogP contribution < -0.4 is 15.5 Å². The van der Waals surface area contributed by atoms with Crippen molar-refractivity contribution in [3.8, 4) is 0 Å². The molecule has 0 saturated carbocycles. The standard InChI is InChI=1S/C22H28N4O4S/c1-6-26-19-11-10-16(31(29,30)25(4)5)12-17(19)23-18(22(26)28)13-20(27)24-21-14(2)8-7-9-15(21)3/h7-12,18,23H,6,13H2,1-5H3,(H,24,27)/t18-/m1/s1. The van der Waals surface area contributed by atoms with Gasteiger partial charge in [0.2, 0.25) is 21.8 Å². The molecule has 3 rings (SSSR count). The fraction of sp³-hybridized carbons (Fsp3) is 0.364. The number of sulfonamides is 1. The van der Waals surface area contributed by atoms with Crippen LogP contribution >= 0.6 is 0 Å². The normalized spacial score (nSPS) is 16.1. The second-order valence-electron chi connectivity index (χ2n) is 7.76. The van der Waals surface area contributed by atoms with E-state index in [0.717, 1.165) is 21.1 Å². The molecule has 0 radical (unpaired) electrons. The van der Waals surface area contributed by atoms with Gasteiger partial charge in [0.25, 0.3) is 0 Å². The zero-order chi connectivity index (χ0) is 22.9. The number of anilines is 3. The summed E-state index contributed by atoms with van der Waals surface area (Å²) in [6, 6.07) is 9.56. The molecular formula is C22H28N4O4S. The van der Waals surface area contributed by atoms with E-state index in [1.165, 1.54) is 26.2 Å². The Hall–Kier alpha value is -2.91. The van der Waals surface area contributed by atoms with Crippen LogP contribution in [0.15, 0.2) is 41.3 Å². The van der Waals surface area contributed by atoms with Gasteiger partial charge >= 0.3 is 0 Å². The average molecular weight is 445 g/mol. The molecule has 1 atom stereocenters. The molecule has 1 aliphatic rings. The molecule has 0 aliphatic carbocycles. The maximum atomic E-state index is 13.0. The summed E-state index contributed by atoms with van der Waals surface area (Å²) in [5.74, 6) is -0.519. The number of hydrogen-bond acceptors (Lipinski definition) is 5. The third-order valence-corrected chi connectivity index (χ3v) is 7.19. The fourth-order valence-corrected chi connectivity index (χ4v) is 4.57. The molecule has 1 heterocycles. The van der Waals surface area contributed by atoms with Gasteiger partial charge in [-0.15, -0.1) is 0 Å². The Morgan fingerprint density at radius 2 is 1.81 bits per heavy atom. The summed E-state index contributed by atoms with van der Waals surface area (Å²) in [5, 5.41) is 5.97. The molecule has 9 heteroatoms. The van der Waals surface area contributed by atoms with Gasteiger partial charge in [-0.1, -0.05) is 18.2 Å². The predicted molar refractivity (Wildman–Crippen MR) is 122 cm³/mol. The molecule has 0 fully saturated rings. The van der Waals surface area contributed by atoms with E-state index in [-0.39, 0.29) is 23.1 Å². The van der Waals surface area contributed by atoms with Crippen molar-refractivity contribution in [2.75, 3.05) is 36.2 Å². The smallest absolute Gasteiger partial charge is 0.250 e. The van der Waals surface area contributed by atoms with Crippen LogP contribution in [-0.4, -0.2) is 51.2 Å². The molecule has 1 aliphatic heterocycles. The lowest BCUT2D eigenvalue weighted by Crippen LogP contribution is -2.48. The number of likely N-dealkylation sites (N-methyl/N-ethyl adjacent to an activating group) is 1. The van der Waals surface area contributed by atoms with Gasteiger partial charge < -0.3 is 15.5 Å². The van der Waals surface area contributed by atoms with Crippen molar-refractivity contribution < 1.29 is 18.0 Å². The minimum absolute atomic E-state index is 0.0762. The Morgan fingerprint density at radius 1 is 1.16 bits per heavy atom. The van der Waals surface area contributed by atoms with Crippen molar-refractivity contribution >= 4 is 38.9 Å². The van der Waals surface area contributed by atoms with Crippen molar-refractivity contribution in [3.05, 3.63) is 47.5 Å². The number of benzene rings is 2. The van der Waals surface area contributed by atoms with Crippen molar-refractivity contribution in [2.24, 2.45) is 0 Å². The van der Waals surface area contributed by atoms with Crippen LogP contribution in [0.1, 0.15) is 24.5 Å². The van der Waals surface area contributed by atoms with E-state index in [1.54, 1.807) is 11.0 Å². The van der Waals surface area contributed by atoms with E-state index in [1.807, 2.05) is 39.0 Å². The van der Waals surface area contributed by atoms with Gasteiger partial charge in [-0.25, -0.2) is 12.7 Å². The Kier molecular flexibility index (Phi) is 6.38. The minimum atomic E-state index is -3.63. The molecule has 0 unspecified atom stereocenters. The summed E-state index contributed by atoms with van der Waals surface area (Å²) in [6.45, 7) is 6.07. The summed E-state index contributed by atoms with van der Waals surface area (Å²) in [5.41, 5.74) is 3.72. The number of fused-ring (bicyclic) bond motifs is 1. The van der Waals surface area contributed by atoms with Crippen LogP contribution in [-0.2, 0) is 19.6 Å². The number of carbonyl (C=O) groups is 2. The van der Waals surface area contributed by atoms with Crippen LogP contribution in [0, 0.1) is 13.8 Å². The van der Waals surface area contributed by atoms with E-state index in [0.29, 0.717) is 17.9 Å². The van der Waals surface area contributed by atoms with Gasteiger partial charge in [0, 0.05) is 26.3 Å². The lowest BCUT2D eigenvalue weighted by atomic mass is 10.0. The number of carbonyl (C=O) groups excluding carboxylic acids is 2. The highest BCUT2D eigenvalue weighted by Crippen LogP contribution is 2.35. The number of nitrogens with one attached hydrogen (secondary N) is 2. The Bertz CT molecular complexity index is 1110. The minimum Gasteiger partial charge on any atom is -0.372 e. The molecule has 166 valence electrons. The zero-order valence-corrected chi connectivity index (χ0v) is 19.2. The van der Waals surface area contributed by atoms with E-state index >= 15 is 0 Å². The predicted octanol–water partition coefficient (Wildman–Crippen LogP) is 2.73. The first kappa shape index (κ1) is 22.8. The number of rotatable bonds is 6. The van der Waals surface area contributed by atoms with Crippen molar-refractivity contribution in [2.45, 2.75) is 38.1 Å². The topological polar surface area (TPSA) is 98.8 Å². The average Bonchev–Trinajstić information content (AvgIpc) is 2.71. The van der Waals surface area contributed by atoms with E-state index < -0.39 is 16.1 Å². The molecule has 0 spiro atoms. The molecule has 2 aromatic rings. The largest absolute Gasteiger partial charge is 0.372 e. The second kappa shape index (κ2) is 8.68. The third-order valence-electron chi connectivity index (χ3n) is 5.38. The first-order valence-electron chi connectivity index (χ1n) is 10.1. The highest BCUT2D eigenvalue weighted by molar-refractivity contribution is 7.89. The van der Waals surface area contributed by atoms with Crippen molar-refractivity contribution in [3.63, 3.8) is 0 Å². The van der Waals surface area contributed by atoms with E-state index in [9.17, 15) is 18.0 Å². The van der Waals surface area contributed by atoms with Gasteiger partial charge in [-0.2, -0.15) is 0 Å². The molecule has 0 saturated heterocycles. The van der Waals surface area contributed by atoms with Gasteiger partial charge in [-0.3, -0.25) is 9.59 Å². The number of nitrogens with zero attached hydrogens (tertiary/aromatic N) is 2. The number of aryl methyl sites for hydroxylation is 2. The van der Waals surface area contributed by atoms with Crippen LogP contribution in [0.2, 0.25) is 0 Å². The highest BCUT2D eigenvalue weighted by Gasteiger charge is 2.34. The third kappa shape index (κ3) is 4.42. The molecule has 0 aromatic heterocycles.